The van der Waals surface area contributed by atoms with Gasteiger partial charge in [-0.25, -0.2) is 0 Å². The van der Waals surface area contributed by atoms with E-state index in [1.165, 1.54) is 0 Å². The Bertz CT molecular complexity index is 169. The Morgan fingerprint density at radius 1 is 2.00 bits per heavy atom. The molecule has 0 aromatic rings. The number of nitrogens with zero attached hydrogens (tertiary/aromatic N) is 1. The van der Waals surface area contributed by atoms with Crippen molar-refractivity contribution < 1.29 is 0 Å². The van der Waals surface area contributed by atoms with Gasteiger partial charge in [-0.3, -0.25) is 0 Å². The van der Waals surface area contributed by atoms with Crippen molar-refractivity contribution >= 4 is 23.5 Å². The molecular formula is C2H6BN2PS. The Labute approximate surface area is 47.4 Å². The van der Waals surface area contributed by atoms with Crippen LogP contribution in [0.1, 0.15) is 6.92 Å². The van der Waals surface area contributed by atoms with E-state index < -0.39 is 9.48 Å². The molecule has 0 saturated heterocycles. The zero-order valence-corrected chi connectivity index (χ0v) is 5.80. The van der Waals surface area contributed by atoms with Crippen molar-refractivity contribution in [2.75, 3.05) is 0 Å². The molecule has 0 rings (SSSR count). The minimum absolute atomic E-state index is 0.416. The second-order valence-electron chi connectivity index (χ2n) is 0.959. The van der Waals surface area contributed by atoms with Crippen LogP contribution >= 0.6 is 17.3 Å². The summed E-state index contributed by atoms with van der Waals surface area (Å²) in [5.74, 6) is 0. The van der Waals surface area contributed by atoms with Crippen LogP contribution in [0.4, 0.5) is 0 Å². The monoisotopic (exact) mass is 132 g/mol. The fraction of sp³-hybridized carbons (Fsp3) is 1.00. The average molecular weight is 132 g/mol. The zero-order valence-electron chi connectivity index (χ0n) is 4.09. The van der Waals surface area contributed by atoms with Gasteiger partial charge in [0.05, 0.1) is 0 Å². The van der Waals surface area contributed by atoms with E-state index in [0.29, 0.717) is 0 Å². The first-order valence-corrected chi connectivity index (χ1v) is 4.24. The Hall–Kier alpha value is 0.315. The molecule has 0 spiro atoms. The van der Waals surface area contributed by atoms with Gasteiger partial charge in [0.1, 0.15) is 0 Å². The molecule has 0 fully saturated rings. The molecule has 0 atom stereocenters. The molecule has 0 aromatic heterocycles. The van der Waals surface area contributed by atoms with Gasteiger partial charge in [-0.05, 0) is 0 Å². The first kappa shape index (κ1) is 7.31. The standard InChI is InChI=1S/C2H6BN2PS/c1-2-3-7(6)5-4/h4H,2H2,1H3. The van der Waals surface area contributed by atoms with E-state index in [-0.39, 0.29) is 0 Å². The van der Waals surface area contributed by atoms with Crippen LogP contribution in [0.15, 0.2) is 4.52 Å². The molecule has 0 heterocycles. The van der Waals surface area contributed by atoms with Crippen LogP contribution in [0.3, 0.4) is 0 Å². The maximum atomic E-state index is 6.44. The van der Waals surface area contributed by atoms with Crippen LogP contribution in [0.2, 0.25) is 6.32 Å². The van der Waals surface area contributed by atoms with Crippen LogP contribution in [0.25, 0.3) is 0 Å². The Morgan fingerprint density at radius 3 is 2.71 bits per heavy atom. The van der Waals surface area contributed by atoms with Crippen molar-refractivity contribution in [3.8, 4) is 0 Å². The van der Waals surface area contributed by atoms with Gasteiger partial charge in [-0.2, -0.15) is 0 Å². The summed E-state index contributed by atoms with van der Waals surface area (Å²) in [7, 11) is 3.51. The molecule has 0 amide bonds. The van der Waals surface area contributed by atoms with Crippen LogP contribution in [0, 0.1) is 5.53 Å². The molecule has 0 bridgehead atoms. The molecule has 2 nitrogen and oxygen atoms in total. The fourth-order valence-corrected chi connectivity index (χ4v) is 1.01. The third kappa shape index (κ3) is 4.16. The van der Waals surface area contributed by atoms with Gasteiger partial charge in [0, 0.05) is 0 Å². The Kier molecular flexibility index (Phi) is 4.67. The molecule has 0 aliphatic heterocycles. The molecule has 0 aliphatic carbocycles. The van der Waals surface area contributed by atoms with Gasteiger partial charge in [0.2, 0.25) is 0 Å². The number of hydrogen-bond donors (Lipinski definition) is 1. The van der Waals surface area contributed by atoms with Gasteiger partial charge in [0.25, 0.3) is 0 Å². The first-order valence-electron chi connectivity index (χ1n) is 1.94. The van der Waals surface area contributed by atoms with E-state index in [1.54, 1.807) is 0 Å². The molecule has 7 heavy (non-hydrogen) atoms. The molecule has 0 saturated carbocycles. The van der Waals surface area contributed by atoms with Crippen molar-refractivity contribution in [2.24, 2.45) is 4.52 Å². The summed E-state index contributed by atoms with van der Waals surface area (Å²) in [6, 6.07) is 0. The second kappa shape index (κ2) is 4.47. The first-order chi connectivity index (χ1) is 3.31. The van der Waals surface area contributed by atoms with E-state index >= 15 is 0 Å². The van der Waals surface area contributed by atoms with E-state index in [2.05, 4.69) is 12.3 Å². The Morgan fingerprint density at radius 2 is 2.57 bits per heavy atom. The minimum atomic E-state index is -0.416. The molecule has 1 N–H and O–H groups in total. The van der Waals surface area contributed by atoms with Gasteiger partial charge in [0.15, 0.2) is 0 Å². The van der Waals surface area contributed by atoms with Crippen LogP contribution in [0.5, 0.6) is 0 Å². The van der Waals surface area contributed by atoms with Gasteiger partial charge in [-0.1, -0.05) is 0 Å². The molecule has 0 aliphatic rings. The Balaban J connectivity index is 3.85. The summed E-state index contributed by atoms with van der Waals surface area (Å²) in [6.45, 7) is 2.00. The van der Waals surface area contributed by atoms with Crippen molar-refractivity contribution in [1.29, 1.82) is 5.53 Å². The number of hydrogen-bond acceptors (Lipinski definition) is 2. The van der Waals surface area contributed by atoms with Crippen molar-refractivity contribution in [3.63, 3.8) is 0 Å². The molecule has 38 valence electrons. The fourth-order valence-electron chi connectivity index (χ4n) is 0.186. The average Bonchev–Trinajstić information content (AvgIpc) is 1.68. The van der Waals surface area contributed by atoms with E-state index in [4.69, 9.17) is 5.53 Å². The number of rotatable bonds is 1. The van der Waals surface area contributed by atoms with Crippen molar-refractivity contribution in [3.05, 3.63) is 0 Å². The van der Waals surface area contributed by atoms with E-state index in [9.17, 15) is 0 Å². The second-order valence-corrected chi connectivity index (χ2v) is 3.18. The predicted molar refractivity (Wildman–Crippen MR) is 35.9 cm³/mol. The molecule has 0 aromatic carbocycles. The predicted octanol–water partition coefficient (Wildman–Crippen LogP) is 2.58. The van der Waals surface area contributed by atoms with Gasteiger partial charge in [-0.15, -0.1) is 0 Å². The zero-order chi connectivity index (χ0) is 5.70. The van der Waals surface area contributed by atoms with Crippen molar-refractivity contribution in [1.82, 2.24) is 0 Å². The molecule has 0 radical (unpaired) electrons. The number of nitrogens with one attached hydrogen (secondary N) is 1. The van der Waals surface area contributed by atoms with Crippen LogP contribution < -0.4 is 0 Å². The normalized spacial score (nSPS) is 10.0. The molecule has 0 unspecified atom stereocenters. The SMILES string of the molecule is CCB=S(#P)N=N. The van der Waals surface area contributed by atoms with E-state index in [1.807, 2.05) is 13.1 Å². The van der Waals surface area contributed by atoms with Crippen LogP contribution in [-0.4, -0.2) is 6.15 Å². The van der Waals surface area contributed by atoms with Crippen molar-refractivity contribution in [2.45, 2.75) is 13.2 Å². The van der Waals surface area contributed by atoms with Gasteiger partial charge < -0.3 is 0 Å². The molecular weight excluding hydrogens is 126 g/mol. The third-order valence-corrected chi connectivity index (χ3v) is 1.92. The van der Waals surface area contributed by atoms with Gasteiger partial charge >= 0.3 is 46.7 Å². The summed E-state index contributed by atoms with van der Waals surface area (Å²) < 4.78 is 3.16. The summed E-state index contributed by atoms with van der Waals surface area (Å²) in [5, 5.41) is 0. The summed E-state index contributed by atoms with van der Waals surface area (Å²) in [5.41, 5.74) is 6.44. The summed E-state index contributed by atoms with van der Waals surface area (Å²) in [6.07, 6.45) is 2.82. The van der Waals surface area contributed by atoms with Crippen LogP contribution in [-0.2, 0) is 0 Å². The quantitative estimate of drug-likeness (QED) is 0.323. The topological polar surface area (TPSA) is 36.2 Å². The van der Waals surface area contributed by atoms with E-state index in [0.717, 1.165) is 6.32 Å². The molecule has 5 heteroatoms. The third-order valence-electron chi connectivity index (χ3n) is 0.409. The summed E-state index contributed by atoms with van der Waals surface area (Å²) >= 11 is 0. The summed E-state index contributed by atoms with van der Waals surface area (Å²) in [4.78, 5) is 0. The maximum absolute atomic E-state index is 6.44.